The predicted molar refractivity (Wildman–Crippen MR) is 129 cm³/mol. The quantitative estimate of drug-likeness (QED) is 0.391. The van der Waals surface area contributed by atoms with Crippen LogP contribution in [0.1, 0.15) is 23.0 Å². The second-order valence-corrected chi connectivity index (χ2v) is 8.22. The summed E-state index contributed by atoms with van der Waals surface area (Å²) in [5, 5.41) is 12.3. The van der Waals surface area contributed by atoms with E-state index in [2.05, 4.69) is 20.4 Å². The molecule has 1 atom stereocenters. The van der Waals surface area contributed by atoms with Crippen LogP contribution in [0.4, 0.5) is 18.9 Å². The summed E-state index contributed by atoms with van der Waals surface area (Å²) in [7, 11) is 0. The summed E-state index contributed by atoms with van der Waals surface area (Å²) in [6.07, 6.45) is 0. The Kier molecular flexibility index (Phi) is 7.67. The maximum Gasteiger partial charge on any atom is 0.173 e. The first kappa shape index (κ1) is 24.7. The smallest absolute Gasteiger partial charge is 0.173 e. The van der Waals surface area contributed by atoms with E-state index >= 15 is 0 Å². The molecule has 1 aromatic heterocycles. The first-order chi connectivity index (χ1) is 16.6. The molecule has 1 fully saturated rings. The van der Waals surface area contributed by atoms with Gasteiger partial charge < -0.3 is 4.90 Å². The van der Waals surface area contributed by atoms with Gasteiger partial charge in [-0.1, -0.05) is 42.5 Å². The molecule has 0 N–H and O–H groups in total. The molecule has 3 aromatic carbocycles. The minimum atomic E-state index is -0.528. The lowest BCUT2D eigenvalue weighted by atomic mass is 10.0. The summed E-state index contributed by atoms with van der Waals surface area (Å²) >= 11 is 0. The van der Waals surface area contributed by atoms with Crippen molar-refractivity contribution >= 4 is 18.1 Å². The van der Waals surface area contributed by atoms with Gasteiger partial charge in [-0.3, -0.25) is 4.90 Å². The zero-order valence-electron chi connectivity index (χ0n) is 18.8. The van der Waals surface area contributed by atoms with Crippen molar-refractivity contribution < 1.29 is 13.2 Å². The van der Waals surface area contributed by atoms with Crippen LogP contribution in [0.3, 0.4) is 0 Å². The third-order valence-electron chi connectivity index (χ3n) is 6.12. The lowest BCUT2D eigenvalue weighted by Gasteiger charge is -2.40. The number of benzene rings is 3. The van der Waals surface area contributed by atoms with Crippen molar-refractivity contribution in [1.29, 1.82) is 0 Å². The molecule has 1 aliphatic rings. The van der Waals surface area contributed by atoms with Gasteiger partial charge in [-0.05, 0) is 46.3 Å². The Labute approximate surface area is 207 Å². The van der Waals surface area contributed by atoms with E-state index in [1.165, 1.54) is 24.3 Å². The summed E-state index contributed by atoms with van der Waals surface area (Å²) in [5.41, 5.74) is 1.86. The Hall–Kier alpha value is -3.43. The number of hydrogen-bond donors (Lipinski definition) is 0. The molecule has 0 bridgehead atoms. The van der Waals surface area contributed by atoms with Crippen molar-refractivity contribution in [3.05, 3.63) is 107 Å². The minimum absolute atomic E-state index is 0. The molecule has 0 radical (unpaired) electrons. The highest BCUT2D eigenvalue weighted by molar-refractivity contribution is 5.85. The molecule has 0 spiro atoms. The fourth-order valence-corrected chi connectivity index (χ4v) is 4.41. The second-order valence-electron chi connectivity index (χ2n) is 8.22. The number of aromatic nitrogens is 4. The van der Waals surface area contributed by atoms with Gasteiger partial charge >= 0.3 is 0 Å². The van der Waals surface area contributed by atoms with E-state index in [0.29, 0.717) is 49.8 Å². The highest BCUT2D eigenvalue weighted by Gasteiger charge is 2.32. The van der Waals surface area contributed by atoms with Gasteiger partial charge in [-0.15, -0.1) is 17.5 Å². The highest BCUT2D eigenvalue weighted by Crippen LogP contribution is 2.31. The average molecular weight is 501 g/mol. The molecule has 10 heteroatoms. The Morgan fingerprint density at radius 2 is 1.43 bits per heavy atom. The van der Waals surface area contributed by atoms with Gasteiger partial charge in [-0.2, -0.15) is 0 Å². The van der Waals surface area contributed by atoms with Gasteiger partial charge in [-0.25, -0.2) is 17.9 Å². The monoisotopic (exact) mass is 500 g/mol. The van der Waals surface area contributed by atoms with E-state index in [1.54, 1.807) is 47.1 Å². The Balaban J connectivity index is 0.00000289. The van der Waals surface area contributed by atoms with Crippen molar-refractivity contribution in [2.24, 2.45) is 0 Å². The van der Waals surface area contributed by atoms with Gasteiger partial charge in [0.2, 0.25) is 0 Å². The summed E-state index contributed by atoms with van der Waals surface area (Å²) in [6.45, 7) is 2.60. The number of anilines is 1. The van der Waals surface area contributed by atoms with Crippen molar-refractivity contribution in [2.75, 3.05) is 31.1 Å². The molecule has 1 aliphatic heterocycles. The van der Waals surface area contributed by atoms with Crippen LogP contribution in [0, 0.1) is 17.5 Å². The van der Waals surface area contributed by atoms with Crippen molar-refractivity contribution in [2.45, 2.75) is 12.6 Å². The van der Waals surface area contributed by atoms with E-state index in [0.717, 1.165) is 5.56 Å². The van der Waals surface area contributed by atoms with Crippen LogP contribution in [0.15, 0.2) is 72.8 Å². The van der Waals surface area contributed by atoms with Crippen molar-refractivity contribution in [3.8, 4) is 0 Å². The summed E-state index contributed by atoms with van der Waals surface area (Å²) in [6, 6.07) is 18.9. The molecule has 35 heavy (non-hydrogen) atoms. The SMILES string of the molecule is Cl.Fc1ccc(Cn2nnnc2C(c2ccccc2F)N2CCN(c3ccccc3F)CC2)cc1. The normalized spacial score (nSPS) is 15.0. The standard InChI is InChI=1S/C25H23F3N6.ClH/c26-19-11-9-18(10-12-19)17-34-25(29-30-31-34)24(20-5-1-2-6-21(20)27)33-15-13-32(14-16-33)23-8-4-3-7-22(23)28;/h1-12,24H,13-17H2;1H. The number of para-hydroxylation sites is 1. The van der Waals surface area contributed by atoms with Crippen LogP contribution in [-0.4, -0.2) is 51.3 Å². The second kappa shape index (κ2) is 10.9. The summed E-state index contributed by atoms with van der Waals surface area (Å²) < 4.78 is 44.2. The van der Waals surface area contributed by atoms with Gasteiger partial charge in [0.15, 0.2) is 5.82 Å². The van der Waals surface area contributed by atoms with E-state index in [9.17, 15) is 13.2 Å². The molecular weight excluding hydrogens is 477 g/mol. The molecule has 182 valence electrons. The maximum absolute atomic E-state index is 15.0. The van der Waals surface area contributed by atoms with Crippen molar-refractivity contribution in [1.82, 2.24) is 25.1 Å². The van der Waals surface area contributed by atoms with Gasteiger partial charge in [0.25, 0.3) is 0 Å². The molecule has 6 nitrogen and oxygen atoms in total. The molecule has 0 saturated carbocycles. The molecule has 4 aromatic rings. The number of halogens is 4. The van der Waals surface area contributed by atoms with Gasteiger partial charge in [0.1, 0.15) is 23.5 Å². The third kappa shape index (κ3) is 5.31. The third-order valence-corrected chi connectivity index (χ3v) is 6.12. The van der Waals surface area contributed by atoms with Crippen LogP contribution in [0.5, 0.6) is 0 Å². The van der Waals surface area contributed by atoms with E-state index < -0.39 is 6.04 Å². The van der Waals surface area contributed by atoms with E-state index in [-0.39, 0.29) is 29.9 Å². The minimum Gasteiger partial charge on any atom is -0.367 e. The van der Waals surface area contributed by atoms with Gasteiger partial charge in [0.05, 0.1) is 12.2 Å². The zero-order chi connectivity index (χ0) is 23.5. The Morgan fingerprint density at radius 1 is 0.771 bits per heavy atom. The van der Waals surface area contributed by atoms with Crippen molar-refractivity contribution in [3.63, 3.8) is 0 Å². The van der Waals surface area contributed by atoms with Crippen LogP contribution in [0.2, 0.25) is 0 Å². The molecule has 1 unspecified atom stereocenters. The molecule has 0 aliphatic carbocycles. The number of hydrogen-bond acceptors (Lipinski definition) is 5. The first-order valence-electron chi connectivity index (χ1n) is 11.1. The fraction of sp³-hybridized carbons (Fsp3) is 0.240. The lowest BCUT2D eigenvalue weighted by Crippen LogP contribution is -2.48. The van der Waals surface area contributed by atoms with Crippen LogP contribution in [0.25, 0.3) is 0 Å². The lowest BCUT2D eigenvalue weighted by molar-refractivity contribution is 0.197. The summed E-state index contributed by atoms with van der Waals surface area (Å²) in [5.74, 6) is -0.434. The number of piperazine rings is 1. The molecule has 2 heterocycles. The summed E-state index contributed by atoms with van der Waals surface area (Å²) in [4.78, 5) is 4.11. The first-order valence-corrected chi connectivity index (χ1v) is 11.1. The number of rotatable bonds is 6. The Bertz CT molecular complexity index is 1260. The largest absolute Gasteiger partial charge is 0.367 e. The number of nitrogens with zero attached hydrogens (tertiary/aromatic N) is 6. The van der Waals surface area contributed by atoms with E-state index in [1.807, 2.05) is 11.0 Å². The van der Waals surface area contributed by atoms with Crippen LogP contribution in [-0.2, 0) is 6.54 Å². The molecule has 0 amide bonds. The molecule has 1 saturated heterocycles. The zero-order valence-corrected chi connectivity index (χ0v) is 19.6. The maximum atomic E-state index is 15.0. The van der Waals surface area contributed by atoms with Crippen LogP contribution < -0.4 is 4.90 Å². The predicted octanol–water partition coefficient (Wildman–Crippen LogP) is 4.47. The fourth-order valence-electron chi connectivity index (χ4n) is 4.41. The van der Waals surface area contributed by atoms with Gasteiger partial charge in [0, 0.05) is 31.7 Å². The highest BCUT2D eigenvalue weighted by atomic mass is 35.5. The Morgan fingerprint density at radius 3 is 2.11 bits per heavy atom. The molecular formula is C25H24ClF3N6. The molecule has 5 rings (SSSR count). The van der Waals surface area contributed by atoms with Crippen LogP contribution >= 0.6 is 12.4 Å². The average Bonchev–Trinajstić information content (AvgIpc) is 3.30. The number of tetrazole rings is 1. The van der Waals surface area contributed by atoms with E-state index in [4.69, 9.17) is 0 Å². The topological polar surface area (TPSA) is 50.1 Å².